The van der Waals surface area contributed by atoms with E-state index in [2.05, 4.69) is 31.6 Å². The lowest BCUT2D eigenvalue weighted by molar-refractivity contribution is -0.136. The summed E-state index contributed by atoms with van der Waals surface area (Å²) in [6, 6.07) is 22.4. The lowest BCUT2D eigenvalue weighted by Gasteiger charge is -2.29. The van der Waals surface area contributed by atoms with Gasteiger partial charge in [-0.2, -0.15) is 0 Å². The van der Waals surface area contributed by atoms with Crippen LogP contribution in [-0.2, 0) is 53.0 Å². The molecule has 1 aliphatic rings. The smallest absolute Gasteiger partial charge is 0.300 e. The highest BCUT2D eigenvalue weighted by molar-refractivity contribution is 5.96. The highest BCUT2D eigenvalue weighted by Crippen LogP contribution is 2.20. The van der Waals surface area contributed by atoms with Crippen LogP contribution >= 0.6 is 0 Å². The third-order valence-electron chi connectivity index (χ3n) is 10.3. The van der Waals surface area contributed by atoms with Crippen LogP contribution in [0.2, 0.25) is 0 Å². The number of carboxylic acid groups (broad SMARTS) is 1. The second-order valence-corrected chi connectivity index (χ2v) is 15.2. The molecule has 1 aromatic heterocycles. The van der Waals surface area contributed by atoms with Gasteiger partial charge in [-0.15, -0.1) is 0 Å². The molecular formula is C46H61N7O8. The molecule has 4 aromatic rings. The molecule has 5 amide bonds. The number of carboxylic acids is 1. The molecule has 1 saturated heterocycles. The molecule has 328 valence electrons. The maximum absolute atomic E-state index is 14.4. The van der Waals surface area contributed by atoms with Crippen molar-refractivity contribution in [2.45, 2.75) is 115 Å². The minimum absolute atomic E-state index is 0.0973. The molecule has 3 aromatic carbocycles. The van der Waals surface area contributed by atoms with Gasteiger partial charge in [0.2, 0.25) is 29.5 Å². The van der Waals surface area contributed by atoms with Crippen LogP contribution in [0.5, 0.6) is 0 Å². The zero-order chi connectivity index (χ0) is 44.0. The van der Waals surface area contributed by atoms with Gasteiger partial charge in [0.05, 0.1) is 12.7 Å². The summed E-state index contributed by atoms with van der Waals surface area (Å²) in [5.74, 6) is -3.17. The van der Waals surface area contributed by atoms with Gasteiger partial charge in [-0.3, -0.25) is 28.8 Å². The average molecular weight is 840 g/mol. The van der Waals surface area contributed by atoms with Crippen molar-refractivity contribution in [3.63, 3.8) is 0 Å². The van der Waals surface area contributed by atoms with Gasteiger partial charge in [-0.05, 0) is 68.3 Å². The van der Waals surface area contributed by atoms with E-state index >= 15 is 0 Å². The zero-order valence-electron chi connectivity index (χ0n) is 35.1. The standard InChI is InChI=1S/C44H57N7O6.C2H4O2/c1-30(57-29-32-18-8-5-9-19-32)40-44(56)46-25-15-3-2-10-23-39(52)48-37(26-31-16-6-4-7-17-31)42(54)50-38(27-33-28-47-35-21-12-11-20-34(33)35)43(55)49-36(41(53)51-40)22-13-14-24-45;1-2(3)4/h4-9,11-12,16-21,28,30,36-38,40,47H,2-3,10,13-15,22-27,29,45H2,1H3,(H,46,56)(H,48,52)(H,49,55)(H,50,54)(H,51,53);1H3,(H,3,4)/t30-,36+,37+,38-,40+;/m1./s1. The van der Waals surface area contributed by atoms with Crippen molar-refractivity contribution < 1.29 is 38.6 Å². The van der Waals surface area contributed by atoms with Crippen LogP contribution in [0.3, 0.4) is 0 Å². The Bertz CT molecular complexity index is 2000. The number of nitrogens with two attached hydrogens (primary N) is 1. The second kappa shape index (κ2) is 25.5. The Morgan fingerprint density at radius 3 is 2.00 bits per heavy atom. The van der Waals surface area contributed by atoms with Gasteiger partial charge in [-0.1, -0.05) is 91.7 Å². The molecule has 0 radical (unpaired) electrons. The molecule has 0 unspecified atom stereocenters. The summed E-state index contributed by atoms with van der Waals surface area (Å²) in [4.78, 5) is 82.0. The summed E-state index contributed by atoms with van der Waals surface area (Å²) in [6.07, 6.45) is 5.76. The van der Waals surface area contributed by atoms with Crippen molar-refractivity contribution in [3.8, 4) is 0 Å². The first-order valence-corrected chi connectivity index (χ1v) is 21.1. The molecule has 0 saturated carbocycles. The van der Waals surface area contributed by atoms with Gasteiger partial charge in [-0.25, -0.2) is 0 Å². The minimum Gasteiger partial charge on any atom is -0.481 e. The molecule has 0 bridgehead atoms. The Morgan fingerprint density at radius 1 is 0.721 bits per heavy atom. The highest BCUT2D eigenvalue weighted by atomic mass is 16.5. The number of unbranched alkanes of at least 4 members (excludes halogenated alkanes) is 1. The van der Waals surface area contributed by atoms with E-state index < -0.39 is 59.9 Å². The van der Waals surface area contributed by atoms with Gasteiger partial charge in [0.15, 0.2) is 0 Å². The van der Waals surface area contributed by atoms with Crippen LogP contribution in [0.1, 0.15) is 81.9 Å². The molecule has 15 heteroatoms. The van der Waals surface area contributed by atoms with Crippen molar-refractivity contribution >= 4 is 46.4 Å². The van der Waals surface area contributed by atoms with E-state index in [0.717, 1.165) is 47.4 Å². The van der Waals surface area contributed by atoms with E-state index in [9.17, 15) is 24.0 Å². The van der Waals surface area contributed by atoms with Crippen molar-refractivity contribution in [1.29, 1.82) is 0 Å². The van der Waals surface area contributed by atoms with E-state index in [-0.39, 0.29) is 38.2 Å². The second-order valence-electron chi connectivity index (χ2n) is 15.2. The number of hydrogen-bond acceptors (Lipinski definition) is 8. The maximum Gasteiger partial charge on any atom is 0.300 e. The first-order chi connectivity index (χ1) is 29.4. The number of H-pyrrole nitrogens is 1. The normalized spacial score (nSPS) is 20.4. The van der Waals surface area contributed by atoms with Crippen molar-refractivity contribution in [1.82, 2.24) is 31.6 Å². The predicted octanol–water partition coefficient (Wildman–Crippen LogP) is 3.80. The number of nitrogens with one attached hydrogen (secondary N) is 6. The monoisotopic (exact) mass is 839 g/mol. The first kappa shape index (κ1) is 47.6. The van der Waals surface area contributed by atoms with E-state index in [0.29, 0.717) is 38.8 Å². The average Bonchev–Trinajstić information content (AvgIpc) is 3.66. The molecule has 15 nitrogen and oxygen atoms in total. The summed E-state index contributed by atoms with van der Waals surface area (Å²) < 4.78 is 6.12. The van der Waals surface area contributed by atoms with Gasteiger partial charge >= 0.3 is 0 Å². The summed E-state index contributed by atoms with van der Waals surface area (Å²) in [6.45, 7) is 3.81. The fraction of sp³-hybridized carbons (Fsp3) is 0.435. The summed E-state index contributed by atoms with van der Waals surface area (Å²) in [5.41, 5.74) is 9.23. The molecule has 0 spiro atoms. The summed E-state index contributed by atoms with van der Waals surface area (Å²) in [7, 11) is 0. The van der Waals surface area contributed by atoms with Crippen LogP contribution in [-0.4, -0.2) is 89.0 Å². The molecule has 5 atom stereocenters. The Balaban J connectivity index is 0.00000196. The Hall–Kier alpha value is -6.06. The number of aromatic amines is 1. The molecule has 9 N–H and O–H groups in total. The fourth-order valence-electron chi connectivity index (χ4n) is 7.00. The van der Waals surface area contributed by atoms with E-state index in [4.69, 9.17) is 20.4 Å². The number of benzene rings is 3. The van der Waals surface area contributed by atoms with Crippen LogP contribution in [0.4, 0.5) is 0 Å². The summed E-state index contributed by atoms with van der Waals surface area (Å²) >= 11 is 0. The number of aliphatic carboxylic acids is 1. The molecular weight excluding hydrogens is 779 g/mol. The number of carbonyl (C=O) groups excluding carboxylic acids is 5. The Labute approximate surface area is 357 Å². The van der Waals surface area contributed by atoms with E-state index in [1.54, 1.807) is 13.1 Å². The van der Waals surface area contributed by atoms with E-state index in [1.807, 2.05) is 84.9 Å². The topological polar surface area (TPSA) is 234 Å². The molecule has 61 heavy (non-hydrogen) atoms. The van der Waals surface area contributed by atoms with Crippen LogP contribution in [0, 0.1) is 0 Å². The molecule has 0 aliphatic carbocycles. The molecule has 1 fully saturated rings. The van der Waals surface area contributed by atoms with Crippen LogP contribution < -0.4 is 32.3 Å². The number of rotatable bonds is 12. The number of aromatic nitrogens is 1. The van der Waals surface area contributed by atoms with Crippen LogP contribution in [0.25, 0.3) is 10.9 Å². The van der Waals surface area contributed by atoms with Crippen molar-refractivity contribution in [2.24, 2.45) is 5.73 Å². The van der Waals surface area contributed by atoms with Crippen LogP contribution in [0.15, 0.2) is 91.1 Å². The van der Waals surface area contributed by atoms with Crippen molar-refractivity contribution in [3.05, 3.63) is 108 Å². The lowest BCUT2D eigenvalue weighted by Crippen LogP contribution is -2.60. The molecule has 5 rings (SSSR count). The highest BCUT2D eigenvalue weighted by Gasteiger charge is 2.34. The number of ether oxygens (including phenoxy) is 1. The number of carbonyl (C=O) groups is 6. The predicted molar refractivity (Wildman–Crippen MR) is 233 cm³/mol. The van der Waals surface area contributed by atoms with Gasteiger partial charge in [0.25, 0.3) is 5.97 Å². The number of para-hydroxylation sites is 1. The first-order valence-electron chi connectivity index (χ1n) is 21.1. The van der Waals surface area contributed by atoms with E-state index in [1.165, 1.54) is 0 Å². The Morgan fingerprint density at radius 2 is 1.31 bits per heavy atom. The quantitative estimate of drug-likeness (QED) is 0.0969. The number of hydrogen-bond donors (Lipinski definition) is 8. The van der Waals surface area contributed by atoms with Gasteiger partial charge in [0.1, 0.15) is 24.2 Å². The summed E-state index contributed by atoms with van der Waals surface area (Å²) in [5, 5.41) is 22.9. The number of amides is 5. The molecule has 1 aliphatic heterocycles. The Kier molecular flexibility index (Phi) is 19.9. The SMILES string of the molecule is CC(=O)O.C[C@@H](OCc1ccccc1)[C@@H]1NC(=O)[C@H](CCCCN)NC(=O)[C@@H](Cc2c[nH]c3ccccc23)NC(=O)[C@H](Cc2ccccc2)NC(=O)CCCCCCNC1=O. The largest absolute Gasteiger partial charge is 0.481 e. The zero-order valence-corrected chi connectivity index (χ0v) is 35.1. The lowest BCUT2D eigenvalue weighted by atomic mass is 10.0. The fourth-order valence-corrected chi connectivity index (χ4v) is 7.00. The molecule has 2 heterocycles. The van der Waals surface area contributed by atoms with Gasteiger partial charge < -0.3 is 47.1 Å². The minimum atomic E-state index is -1.13. The third kappa shape index (κ3) is 16.5. The maximum atomic E-state index is 14.4. The number of fused-ring (bicyclic) bond motifs is 1. The van der Waals surface area contributed by atoms with Gasteiger partial charge in [0, 0.05) is 49.8 Å². The van der Waals surface area contributed by atoms with Crippen molar-refractivity contribution in [2.75, 3.05) is 13.1 Å². The third-order valence-corrected chi connectivity index (χ3v) is 10.3.